The summed E-state index contributed by atoms with van der Waals surface area (Å²) in [5.41, 5.74) is 2.33. The molecule has 0 bridgehead atoms. The van der Waals surface area contributed by atoms with Gasteiger partial charge < -0.3 is 4.74 Å². The molecule has 2 aliphatic rings. The molecule has 2 heterocycles. The summed E-state index contributed by atoms with van der Waals surface area (Å²) < 4.78 is 5.93. The number of fused-ring (bicyclic) bond motifs is 1. The van der Waals surface area contributed by atoms with Gasteiger partial charge in [0.05, 0.1) is 0 Å². The van der Waals surface area contributed by atoms with E-state index >= 15 is 0 Å². The first kappa shape index (κ1) is 15.3. The molecule has 1 spiro atoms. The van der Waals surface area contributed by atoms with Crippen molar-refractivity contribution < 1.29 is 9.53 Å². The zero-order valence-electron chi connectivity index (χ0n) is 13.0. The number of rotatable bonds is 2. The van der Waals surface area contributed by atoms with Gasteiger partial charge in [0.15, 0.2) is 11.4 Å². The van der Waals surface area contributed by atoms with Gasteiger partial charge in [-0.15, -0.1) is 11.8 Å². The minimum Gasteiger partial charge on any atom is -0.351 e. The van der Waals surface area contributed by atoms with Crippen molar-refractivity contribution in [2.75, 3.05) is 5.75 Å². The van der Waals surface area contributed by atoms with Gasteiger partial charge in [-0.2, -0.15) is 0 Å². The summed E-state index contributed by atoms with van der Waals surface area (Å²) in [6.45, 7) is 4.28. The Morgan fingerprint density at radius 1 is 1.22 bits per heavy atom. The second-order valence-corrected chi connectivity index (χ2v) is 7.92. The molecule has 2 aromatic rings. The largest absolute Gasteiger partial charge is 0.351 e. The summed E-state index contributed by atoms with van der Waals surface area (Å²) in [5, 5.41) is 0.694. The topological polar surface area (TPSA) is 29.6 Å². The fourth-order valence-electron chi connectivity index (χ4n) is 3.12. The maximum absolute atomic E-state index is 13.1. The molecule has 0 saturated carbocycles. The lowest BCUT2D eigenvalue weighted by Gasteiger charge is -2.22. The van der Waals surface area contributed by atoms with Crippen molar-refractivity contribution in [2.24, 2.45) is 0 Å². The van der Waals surface area contributed by atoms with Gasteiger partial charge in [-0.1, -0.05) is 43.6 Å². The molecule has 1 saturated heterocycles. The molecule has 2 aliphatic heterocycles. The monoisotopic (exact) mass is 344 g/mol. The third kappa shape index (κ3) is 2.42. The predicted molar refractivity (Wildman–Crippen MR) is 93.6 cm³/mol. The molecule has 2 atom stereocenters. The van der Waals surface area contributed by atoms with Crippen LogP contribution in [-0.2, 0) is 4.74 Å². The number of carbonyl (C=O) groups is 1. The first-order valence-electron chi connectivity index (χ1n) is 7.76. The normalized spacial score (nSPS) is 25.7. The molecule has 0 aromatic heterocycles. The Bertz CT molecular complexity index is 784. The Balaban J connectivity index is 1.68. The van der Waals surface area contributed by atoms with Crippen LogP contribution >= 0.6 is 23.4 Å². The standard InChI is InChI=1S/C19H17ClO2S/c1-11(2)13-5-8-16-15(9-13)17(21)19(10-23-16)18(22-19)12-3-6-14(20)7-4-12/h3-9,11,18H,10H2,1-2H3. The van der Waals surface area contributed by atoms with Crippen LogP contribution < -0.4 is 0 Å². The average Bonchev–Trinajstić information content (AvgIpc) is 3.27. The van der Waals surface area contributed by atoms with Crippen molar-refractivity contribution in [1.82, 2.24) is 0 Å². The fourth-order valence-corrected chi connectivity index (χ4v) is 4.44. The van der Waals surface area contributed by atoms with Crippen LogP contribution in [0.15, 0.2) is 47.4 Å². The highest BCUT2D eigenvalue weighted by Crippen LogP contribution is 2.57. The number of thioether (sulfide) groups is 1. The van der Waals surface area contributed by atoms with E-state index in [0.717, 1.165) is 16.0 Å². The number of hydrogen-bond donors (Lipinski definition) is 0. The molecule has 0 aliphatic carbocycles. The minimum atomic E-state index is -0.693. The van der Waals surface area contributed by atoms with Crippen molar-refractivity contribution in [3.63, 3.8) is 0 Å². The van der Waals surface area contributed by atoms with Gasteiger partial charge in [-0.25, -0.2) is 0 Å². The highest BCUT2D eigenvalue weighted by Gasteiger charge is 2.64. The second kappa shape index (κ2) is 5.37. The molecule has 23 heavy (non-hydrogen) atoms. The second-order valence-electron chi connectivity index (χ2n) is 6.47. The summed E-state index contributed by atoms with van der Waals surface area (Å²) in [6.07, 6.45) is -0.157. The van der Waals surface area contributed by atoms with Crippen LogP contribution in [0.4, 0.5) is 0 Å². The first-order valence-corrected chi connectivity index (χ1v) is 9.12. The number of benzene rings is 2. The maximum Gasteiger partial charge on any atom is 0.199 e. The lowest BCUT2D eigenvalue weighted by Crippen LogP contribution is -2.32. The molecule has 0 N–H and O–H groups in total. The van der Waals surface area contributed by atoms with Gasteiger partial charge in [-0.05, 0) is 41.3 Å². The third-order valence-corrected chi connectivity index (χ3v) is 6.10. The predicted octanol–water partition coefficient (Wildman–Crippen LogP) is 5.26. The van der Waals surface area contributed by atoms with E-state index in [-0.39, 0.29) is 11.9 Å². The number of carbonyl (C=O) groups excluding carboxylic acids is 1. The Labute approximate surface area is 145 Å². The van der Waals surface area contributed by atoms with E-state index in [1.807, 2.05) is 30.3 Å². The SMILES string of the molecule is CC(C)c1ccc2c(c1)C(=O)C1(CS2)OC1c1ccc(Cl)cc1. The average molecular weight is 345 g/mol. The van der Waals surface area contributed by atoms with Gasteiger partial charge >= 0.3 is 0 Å². The molecule has 0 radical (unpaired) electrons. The van der Waals surface area contributed by atoms with Gasteiger partial charge in [0.2, 0.25) is 0 Å². The number of Topliss-reactive ketones (excluding diaryl/α,β-unsaturated/α-hetero) is 1. The molecule has 118 valence electrons. The molecule has 4 heteroatoms. The van der Waals surface area contributed by atoms with Gasteiger partial charge in [0.25, 0.3) is 0 Å². The van der Waals surface area contributed by atoms with Crippen LogP contribution in [0.2, 0.25) is 5.02 Å². The highest BCUT2D eigenvalue weighted by atomic mass is 35.5. The Hall–Kier alpha value is -1.29. The van der Waals surface area contributed by atoms with Gasteiger partial charge in [-0.3, -0.25) is 4.79 Å². The van der Waals surface area contributed by atoms with Crippen molar-refractivity contribution in [2.45, 2.75) is 36.4 Å². The maximum atomic E-state index is 13.1. The summed E-state index contributed by atoms with van der Waals surface area (Å²) in [4.78, 5) is 14.1. The van der Waals surface area contributed by atoms with E-state index in [4.69, 9.17) is 16.3 Å². The molecule has 2 aromatic carbocycles. The van der Waals surface area contributed by atoms with Crippen LogP contribution in [0.5, 0.6) is 0 Å². The summed E-state index contributed by atoms with van der Waals surface area (Å²) in [5.74, 6) is 1.20. The summed E-state index contributed by atoms with van der Waals surface area (Å²) in [6, 6.07) is 13.8. The lowest BCUT2D eigenvalue weighted by molar-refractivity contribution is 0.0885. The highest BCUT2D eigenvalue weighted by molar-refractivity contribution is 7.99. The fraction of sp³-hybridized carbons (Fsp3) is 0.316. The van der Waals surface area contributed by atoms with E-state index in [2.05, 4.69) is 26.0 Å². The van der Waals surface area contributed by atoms with E-state index in [1.54, 1.807) is 11.8 Å². The summed E-state index contributed by atoms with van der Waals surface area (Å²) in [7, 11) is 0. The van der Waals surface area contributed by atoms with Crippen LogP contribution in [0.1, 0.15) is 47.4 Å². The van der Waals surface area contributed by atoms with E-state index in [9.17, 15) is 4.79 Å². The molecular weight excluding hydrogens is 328 g/mol. The zero-order valence-corrected chi connectivity index (χ0v) is 14.6. The Kier molecular flexibility index (Phi) is 3.56. The molecular formula is C19H17ClO2S. The van der Waals surface area contributed by atoms with Crippen molar-refractivity contribution in [3.05, 3.63) is 64.2 Å². The van der Waals surface area contributed by atoms with Crippen molar-refractivity contribution in [1.29, 1.82) is 0 Å². The number of hydrogen-bond acceptors (Lipinski definition) is 3. The molecule has 4 rings (SSSR count). The minimum absolute atomic E-state index is 0.119. The van der Waals surface area contributed by atoms with E-state index < -0.39 is 5.60 Å². The molecule has 2 unspecified atom stereocenters. The molecule has 2 nitrogen and oxygen atoms in total. The van der Waals surface area contributed by atoms with E-state index in [0.29, 0.717) is 16.7 Å². The number of epoxide rings is 1. The van der Waals surface area contributed by atoms with Gasteiger partial charge in [0, 0.05) is 21.2 Å². The third-order valence-electron chi connectivity index (χ3n) is 4.61. The Morgan fingerprint density at radius 2 is 1.96 bits per heavy atom. The quantitative estimate of drug-likeness (QED) is 0.696. The first-order chi connectivity index (χ1) is 11.0. The van der Waals surface area contributed by atoms with E-state index in [1.165, 1.54) is 5.56 Å². The van der Waals surface area contributed by atoms with Crippen molar-refractivity contribution in [3.8, 4) is 0 Å². The molecule has 1 fully saturated rings. The number of ketones is 1. The number of halogens is 1. The number of ether oxygens (including phenoxy) is 1. The lowest BCUT2D eigenvalue weighted by atomic mass is 9.90. The smallest absolute Gasteiger partial charge is 0.199 e. The summed E-state index contributed by atoms with van der Waals surface area (Å²) >= 11 is 7.66. The van der Waals surface area contributed by atoms with Crippen LogP contribution in [0, 0.1) is 0 Å². The zero-order chi connectivity index (χ0) is 16.2. The van der Waals surface area contributed by atoms with Gasteiger partial charge in [0.1, 0.15) is 6.10 Å². The van der Waals surface area contributed by atoms with Crippen LogP contribution in [0.25, 0.3) is 0 Å². The van der Waals surface area contributed by atoms with Crippen molar-refractivity contribution >= 4 is 29.1 Å². The molecule has 0 amide bonds. The van der Waals surface area contributed by atoms with Crippen LogP contribution in [-0.4, -0.2) is 17.1 Å². The Morgan fingerprint density at radius 3 is 2.65 bits per heavy atom. The van der Waals surface area contributed by atoms with Crippen LogP contribution in [0.3, 0.4) is 0 Å².